The first-order chi connectivity index (χ1) is 9.63. The van der Waals surface area contributed by atoms with Gasteiger partial charge in [0.15, 0.2) is 5.13 Å². The van der Waals surface area contributed by atoms with E-state index >= 15 is 0 Å². The number of nitrogens with one attached hydrogen (secondary N) is 1. The summed E-state index contributed by atoms with van der Waals surface area (Å²) in [5.41, 5.74) is 1.93. The van der Waals surface area contributed by atoms with Crippen LogP contribution in [-0.4, -0.2) is 18.0 Å². The van der Waals surface area contributed by atoms with Crippen LogP contribution in [0, 0.1) is 6.92 Å². The number of ether oxygens (including phenoxy) is 1. The molecule has 1 aromatic carbocycles. The van der Waals surface area contributed by atoms with Crippen LogP contribution in [0.1, 0.15) is 24.6 Å². The van der Waals surface area contributed by atoms with Crippen molar-refractivity contribution in [2.75, 3.05) is 12.4 Å². The maximum atomic E-state index is 11.6. The van der Waals surface area contributed by atoms with Crippen LogP contribution < -0.4 is 10.1 Å². The zero-order chi connectivity index (χ0) is 14.5. The Bertz CT molecular complexity index is 590. The molecular weight excluding hydrogens is 272 g/mol. The van der Waals surface area contributed by atoms with Gasteiger partial charge in [0.1, 0.15) is 5.75 Å². The summed E-state index contributed by atoms with van der Waals surface area (Å²) in [4.78, 5) is 17.2. The average Bonchev–Trinajstić information content (AvgIpc) is 2.80. The van der Waals surface area contributed by atoms with Gasteiger partial charge in [-0.1, -0.05) is 6.92 Å². The Morgan fingerprint density at radius 2 is 2.05 bits per heavy atom. The van der Waals surface area contributed by atoms with Crippen molar-refractivity contribution in [3.8, 4) is 17.0 Å². The van der Waals surface area contributed by atoms with E-state index in [0.717, 1.165) is 28.3 Å². The fourth-order valence-corrected chi connectivity index (χ4v) is 2.73. The van der Waals surface area contributed by atoms with Crippen molar-refractivity contribution in [1.82, 2.24) is 4.98 Å². The molecule has 1 amide bonds. The summed E-state index contributed by atoms with van der Waals surface area (Å²) in [5, 5.41) is 3.50. The van der Waals surface area contributed by atoms with E-state index in [1.807, 2.05) is 38.1 Å². The number of nitrogens with zero attached hydrogens (tertiary/aromatic N) is 1. The van der Waals surface area contributed by atoms with Crippen molar-refractivity contribution in [1.29, 1.82) is 0 Å². The molecule has 0 spiro atoms. The van der Waals surface area contributed by atoms with E-state index in [0.29, 0.717) is 11.6 Å². The van der Waals surface area contributed by atoms with Crippen molar-refractivity contribution in [2.24, 2.45) is 0 Å². The quantitative estimate of drug-likeness (QED) is 0.909. The number of benzene rings is 1. The van der Waals surface area contributed by atoms with Crippen LogP contribution in [-0.2, 0) is 4.79 Å². The van der Waals surface area contributed by atoms with Crippen molar-refractivity contribution < 1.29 is 9.53 Å². The lowest BCUT2D eigenvalue weighted by Crippen LogP contribution is -2.10. The maximum absolute atomic E-state index is 11.6. The Hall–Kier alpha value is -1.88. The fourth-order valence-electron chi connectivity index (χ4n) is 1.88. The van der Waals surface area contributed by atoms with Crippen LogP contribution in [0.5, 0.6) is 5.75 Å². The molecule has 0 atom stereocenters. The average molecular weight is 290 g/mol. The van der Waals surface area contributed by atoms with Gasteiger partial charge in [-0.2, -0.15) is 0 Å². The molecule has 1 N–H and O–H groups in total. The highest BCUT2D eigenvalue weighted by Gasteiger charge is 2.11. The summed E-state index contributed by atoms with van der Waals surface area (Å²) in [7, 11) is 1.64. The zero-order valence-electron chi connectivity index (χ0n) is 11.9. The van der Waals surface area contributed by atoms with E-state index < -0.39 is 0 Å². The van der Waals surface area contributed by atoms with Gasteiger partial charge >= 0.3 is 0 Å². The number of rotatable bonds is 5. The summed E-state index contributed by atoms with van der Waals surface area (Å²) in [6.07, 6.45) is 1.36. The van der Waals surface area contributed by atoms with Gasteiger partial charge in [-0.15, -0.1) is 11.3 Å². The van der Waals surface area contributed by atoms with Gasteiger partial charge in [0, 0.05) is 16.9 Å². The molecule has 0 saturated carbocycles. The standard InChI is InChI=1S/C15H18N2O2S/c1-4-5-13(18)16-15-17-14(10(2)20-15)11-6-8-12(19-3)9-7-11/h6-9H,4-5H2,1-3H3,(H,16,17,18). The minimum Gasteiger partial charge on any atom is -0.497 e. The highest BCUT2D eigenvalue weighted by atomic mass is 32.1. The third-order valence-electron chi connectivity index (χ3n) is 2.88. The molecule has 20 heavy (non-hydrogen) atoms. The zero-order valence-corrected chi connectivity index (χ0v) is 12.7. The van der Waals surface area contributed by atoms with Crippen LogP contribution in [0.4, 0.5) is 5.13 Å². The SMILES string of the molecule is CCCC(=O)Nc1nc(-c2ccc(OC)cc2)c(C)s1. The lowest BCUT2D eigenvalue weighted by atomic mass is 10.1. The number of thiazole rings is 1. The number of aromatic nitrogens is 1. The molecular formula is C15H18N2O2S. The summed E-state index contributed by atoms with van der Waals surface area (Å²) < 4.78 is 5.15. The van der Waals surface area contributed by atoms with Crippen molar-refractivity contribution in [3.05, 3.63) is 29.1 Å². The highest BCUT2D eigenvalue weighted by Crippen LogP contribution is 2.31. The minimum atomic E-state index is 0.0162. The molecule has 1 aromatic heterocycles. The number of amides is 1. The molecule has 0 radical (unpaired) electrons. The third-order valence-corrected chi connectivity index (χ3v) is 3.77. The Labute approximate surface area is 122 Å². The first-order valence-corrected chi connectivity index (χ1v) is 7.37. The second-order valence-electron chi connectivity index (χ2n) is 4.45. The number of carbonyl (C=O) groups is 1. The monoisotopic (exact) mass is 290 g/mol. The maximum Gasteiger partial charge on any atom is 0.226 e. The summed E-state index contributed by atoms with van der Waals surface area (Å²) >= 11 is 1.50. The number of carbonyl (C=O) groups excluding carboxylic acids is 1. The number of hydrogen-bond donors (Lipinski definition) is 1. The number of methoxy groups -OCH3 is 1. The van der Waals surface area contributed by atoms with E-state index in [4.69, 9.17) is 4.74 Å². The largest absolute Gasteiger partial charge is 0.497 e. The lowest BCUT2D eigenvalue weighted by molar-refractivity contribution is -0.116. The number of anilines is 1. The second kappa shape index (κ2) is 6.52. The summed E-state index contributed by atoms with van der Waals surface area (Å²) in [6, 6.07) is 7.75. The number of hydrogen-bond acceptors (Lipinski definition) is 4. The van der Waals surface area contributed by atoms with Crippen molar-refractivity contribution >= 4 is 22.4 Å². The number of aryl methyl sites for hydroxylation is 1. The molecule has 2 aromatic rings. The molecule has 0 saturated heterocycles. The highest BCUT2D eigenvalue weighted by molar-refractivity contribution is 7.16. The molecule has 0 aliphatic heterocycles. The van der Waals surface area contributed by atoms with Crippen LogP contribution in [0.2, 0.25) is 0 Å². The predicted octanol–water partition coefficient (Wildman–Crippen LogP) is 3.87. The molecule has 0 fully saturated rings. The van der Waals surface area contributed by atoms with Crippen LogP contribution >= 0.6 is 11.3 Å². The van der Waals surface area contributed by atoms with E-state index in [2.05, 4.69) is 10.3 Å². The molecule has 0 unspecified atom stereocenters. The molecule has 0 aliphatic rings. The fraction of sp³-hybridized carbons (Fsp3) is 0.333. The van der Waals surface area contributed by atoms with E-state index in [1.165, 1.54) is 11.3 Å². The van der Waals surface area contributed by atoms with Crippen molar-refractivity contribution in [2.45, 2.75) is 26.7 Å². The van der Waals surface area contributed by atoms with E-state index in [-0.39, 0.29) is 5.91 Å². The van der Waals surface area contributed by atoms with E-state index in [9.17, 15) is 4.79 Å². The molecule has 106 valence electrons. The molecule has 5 heteroatoms. The smallest absolute Gasteiger partial charge is 0.226 e. The Morgan fingerprint density at radius 1 is 1.35 bits per heavy atom. The third kappa shape index (κ3) is 3.36. The molecule has 0 aliphatic carbocycles. The van der Waals surface area contributed by atoms with Crippen LogP contribution in [0.15, 0.2) is 24.3 Å². The Morgan fingerprint density at radius 3 is 2.65 bits per heavy atom. The van der Waals surface area contributed by atoms with Gasteiger partial charge in [-0.05, 0) is 37.6 Å². The van der Waals surface area contributed by atoms with Gasteiger partial charge in [-0.25, -0.2) is 4.98 Å². The van der Waals surface area contributed by atoms with Crippen LogP contribution in [0.3, 0.4) is 0 Å². The molecule has 2 rings (SSSR count). The predicted molar refractivity (Wildman–Crippen MR) is 82.4 cm³/mol. The Balaban J connectivity index is 2.19. The van der Waals surface area contributed by atoms with Gasteiger partial charge in [0.2, 0.25) is 5.91 Å². The van der Waals surface area contributed by atoms with E-state index in [1.54, 1.807) is 7.11 Å². The first-order valence-electron chi connectivity index (χ1n) is 6.55. The van der Waals surface area contributed by atoms with Gasteiger partial charge in [-0.3, -0.25) is 4.79 Å². The lowest BCUT2D eigenvalue weighted by Gasteiger charge is -2.02. The molecule has 4 nitrogen and oxygen atoms in total. The summed E-state index contributed by atoms with van der Waals surface area (Å²) in [5.74, 6) is 0.834. The van der Waals surface area contributed by atoms with Crippen LogP contribution in [0.25, 0.3) is 11.3 Å². The topological polar surface area (TPSA) is 51.2 Å². The second-order valence-corrected chi connectivity index (χ2v) is 5.65. The normalized spacial score (nSPS) is 10.3. The Kier molecular flexibility index (Phi) is 4.74. The molecule has 0 bridgehead atoms. The minimum absolute atomic E-state index is 0.0162. The van der Waals surface area contributed by atoms with Crippen molar-refractivity contribution in [3.63, 3.8) is 0 Å². The van der Waals surface area contributed by atoms with Gasteiger partial charge in [0.05, 0.1) is 12.8 Å². The van der Waals surface area contributed by atoms with Gasteiger partial charge < -0.3 is 10.1 Å². The first kappa shape index (κ1) is 14.5. The summed E-state index contributed by atoms with van der Waals surface area (Å²) in [6.45, 7) is 3.99. The molecule has 1 heterocycles. The van der Waals surface area contributed by atoms with Gasteiger partial charge in [0.25, 0.3) is 0 Å².